The predicted molar refractivity (Wildman–Crippen MR) is 37.3 cm³/mol. The van der Waals surface area contributed by atoms with Gasteiger partial charge in [0.05, 0.1) is 6.42 Å². The molecule has 0 aromatic heterocycles. The van der Waals surface area contributed by atoms with E-state index in [0.29, 0.717) is 0 Å². The van der Waals surface area contributed by atoms with Crippen molar-refractivity contribution in [2.45, 2.75) is 12.5 Å². The zero-order valence-electron chi connectivity index (χ0n) is 6.47. The van der Waals surface area contributed by atoms with Gasteiger partial charge in [0.25, 0.3) is 0 Å². The van der Waals surface area contributed by atoms with Crippen molar-refractivity contribution in [3.63, 3.8) is 0 Å². The SMILES string of the molecule is O=C(O)CO[C@H](CC(=O)O)C(=O)O. The largest absolute Gasteiger partial charge is 0.481 e. The monoisotopic (exact) mass is 192 g/mol. The Morgan fingerprint density at radius 2 is 1.62 bits per heavy atom. The van der Waals surface area contributed by atoms with Gasteiger partial charge in [-0.3, -0.25) is 4.79 Å². The molecule has 0 fully saturated rings. The van der Waals surface area contributed by atoms with E-state index < -0.39 is 37.0 Å². The molecular formula is C6H8O7. The Hall–Kier alpha value is -1.63. The van der Waals surface area contributed by atoms with E-state index in [1.165, 1.54) is 0 Å². The van der Waals surface area contributed by atoms with Gasteiger partial charge in [0.15, 0.2) is 6.10 Å². The van der Waals surface area contributed by atoms with Gasteiger partial charge < -0.3 is 20.1 Å². The average Bonchev–Trinajstić information content (AvgIpc) is 1.96. The minimum atomic E-state index is -1.62. The Bertz CT molecular complexity index is 221. The van der Waals surface area contributed by atoms with Crippen LogP contribution in [0.5, 0.6) is 0 Å². The van der Waals surface area contributed by atoms with Gasteiger partial charge in [-0.15, -0.1) is 0 Å². The number of hydrogen-bond acceptors (Lipinski definition) is 4. The highest BCUT2D eigenvalue weighted by Gasteiger charge is 2.22. The number of carboxylic acids is 3. The number of aliphatic carboxylic acids is 3. The summed E-state index contributed by atoms with van der Waals surface area (Å²) in [6, 6.07) is 0. The predicted octanol–water partition coefficient (Wildman–Crippen LogP) is -0.985. The van der Waals surface area contributed by atoms with E-state index >= 15 is 0 Å². The van der Waals surface area contributed by atoms with Crippen LogP contribution in [-0.4, -0.2) is 45.9 Å². The summed E-state index contributed by atoms with van der Waals surface area (Å²) in [5, 5.41) is 24.7. The molecule has 0 amide bonds. The second-order valence-electron chi connectivity index (χ2n) is 2.13. The Balaban J connectivity index is 4.02. The van der Waals surface area contributed by atoms with Crippen molar-refractivity contribution in [1.82, 2.24) is 0 Å². The van der Waals surface area contributed by atoms with Crippen LogP contribution in [0, 0.1) is 0 Å². The molecule has 7 heteroatoms. The fourth-order valence-electron chi connectivity index (χ4n) is 0.548. The molecule has 0 unspecified atom stereocenters. The molecular weight excluding hydrogens is 184 g/mol. The third-order valence-electron chi connectivity index (χ3n) is 1.04. The molecule has 0 aliphatic heterocycles. The molecule has 7 nitrogen and oxygen atoms in total. The zero-order chi connectivity index (χ0) is 10.4. The van der Waals surface area contributed by atoms with Crippen molar-refractivity contribution in [2.75, 3.05) is 6.61 Å². The molecule has 0 saturated carbocycles. The summed E-state index contributed by atoms with van der Waals surface area (Å²) in [7, 11) is 0. The molecule has 3 N–H and O–H groups in total. The van der Waals surface area contributed by atoms with Crippen molar-refractivity contribution >= 4 is 17.9 Å². The minimum absolute atomic E-state index is 0.761. The third kappa shape index (κ3) is 5.62. The van der Waals surface area contributed by atoms with Gasteiger partial charge >= 0.3 is 17.9 Å². The van der Waals surface area contributed by atoms with Crippen LogP contribution >= 0.6 is 0 Å². The van der Waals surface area contributed by atoms with E-state index in [2.05, 4.69) is 4.74 Å². The molecule has 0 rings (SSSR count). The van der Waals surface area contributed by atoms with Gasteiger partial charge in [0.1, 0.15) is 6.61 Å². The summed E-state index contributed by atoms with van der Waals surface area (Å²) >= 11 is 0. The highest BCUT2D eigenvalue weighted by molar-refractivity contribution is 5.80. The quantitative estimate of drug-likeness (QED) is 0.494. The number of carbonyl (C=O) groups is 3. The highest BCUT2D eigenvalue weighted by Crippen LogP contribution is 1.98. The van der Waals surface area contributed by atoms with Crippen LogP contribution in [-0.2, 0) is 19.1 Å². The summed E-state index contributed by atoms with van der Waals surface area (Å²) < 4.78 is 4.30. The van der Waals surface area contributed by atoms with Crippen molar-refractivity contribution in [2.24, 2.45) is 0 Å². The first kappa shape index (κ1) is 11.4. The second-order valence-corrected chi connectivity index (χ2v) is 2.13. The first-order valence-corrected chi connectivity index (χ1v) is 3.21. The Morgan fingerprint density at radius 1 is 1.08 bits per heavy atom. The van der Waals surface area contributed by atoms with Crippen LogP contribution < -0.4 is 0 Å². The molecule has 0 aromatic carbocycles. The van der Waals surface area contributed by atoms with Crippen LogP contribution in [0.15, 0.2) is 0 Å². The van der Waals surface area contributed by atoms with E-state index in [9.17, 15) is 14.4 Å². The molecule has 0 aliphatic rings. The molecule has 1 atom stereocenters. The van der Waals surface area contributed by atoms with Gasteiger partial charge in [-0.25, -0.2) is 9.59 Å². The van der Waals surface area contributed by atoms with E-state index in [-0.39, 0.29) is 0 Å². The number of rotatable bonds is 6. The summed E-state index contributed by atoms with van der Waals surface area (Å²) in [5.74, 6) is -4.21. The smallest absolute Gasteiger partial charge is 0.333 e. The first-order valence-electron chi connectivity index (χ1n) is 3.21. The van der Waals surface area contributed by atoms with Gasteiger partial charge in [-0.05, 0) is 0 Å². The Kier molecular flexibility index (Phi) is 4.45. The van der Waals surface area contributed by atoms with Crippen LogP contribution in [0.1, 0.15) is 6.42 Å². The molecule has 0 bridgehead atoms. The van der Waals surface area contributed by atoms with Gasteiger partial charge in [-0.2, -0.15) is 0 Å². The topological polar surface area (TPSA) is 121 Å². The molecule has 0 spiro atoms. The molecule has 74 valence electrons. The van der Waals surface area contributed by atoms with E-state index in [1.54, 1.807) is 0 Å². The summed E-state index contributed by atoms with van der Waals surface area (Å²) in [6.07, 6.45) is -2.38. The molecule has 0 heterocycles. The number of carboxylic acid groups (broad SMARTS) is 3. The fraction of sp³-hybridized carbons (Fsp3) is 0.500. The molecule has 13 heavy (non-hydrogen) atoms. The van der Waals surface area contributed by atoms with Gasteiger partial charge in [0.2, 0.25) is 0 Å². The number of ether oxygens (including phenoxy) is 1. The normalized spacial score (nSPS) is 12.0. The highest BCUT2D eigenvalue weighted by atomic mass is 16.5. The standard InChI is InChI=1S/C6H8O7/c7-4(8)1-3(6(11)12)13-2-5(9)10/h3H,1-2H2,(H,7,8)(H,9,10)(H,11,12)/t3-/m1/s1. The van der Waals surface area contributed by atoms with E-state index in [1.807, 2.05) is 0 Å². The van der Waals surface area contributed by atoms with Gasteiger partial charge in [0, 0.05) is 0 Å². The Morgan fingerprint density at radius 3 is 1.92 bits per heavy atom. The molecule has 0 saturated heterocycles. The van der Waals surface area contributed by atoms with E-state index in [0.717, 1.165) is 0 Å². The van der Waals surface area contributed by atoms with Crippen molar-refractivity contribution < 1.29 is 34.4 Å². The lowest BCUT2D eigenvalue weighted by Gasteiger charge is -2.08. The van der Waals surface area contributed by atoms with Crippen molar-refractivity contribution in [1.29, 1.82) is 0 Å². The lowest BCUT2D eigenvalue weighted by molar-refractivity contribution is -0.161. The maximum atomic E-state index is 10.3. The van der Waals surface area contributed by atoms with Crippen LogP contribution in [0.3, 0.4) is 0 Å². The molecule has 0 radical (unpaired) electrons. The maximum absolute atomic E-state index is 10.3. The summed E-state index contributed by atoms with van der Waals surface area (Å²) in [5.41, 5.74) is 0. The Labute approximate surface area is 72.5 Å². The average molecular weight is 192 g/mol. The molecule has 0 aromatic rings. The number of hydrogen-bond donors (Lipinski definition) is 3. The van der Waals surface area contributed by atoms with Crippen molar-refractivity contribution in [3.8, 4) is 0 Å². The maximum Gasteiger partial charge on any atom is 0.333 e. The third-order valence-corrected chi connectivity index (χ3v) is 1.04. The lowest BCUT2D eigenvalue weighted by Crippen LogP contribution is -2.29. The fourth-order valence-corrected chi connectivity index (χ4v) is 0.548. The minimum Gasteiger partial charge on any atom is -0.481 e. The molecule has 0 aliphatic carbocycles. The van der Waals surface area contributed by atoms with Crippen molar-refractivity contribution in [3.05, 3.63) is 0 Å². The first-order chi connectivity index (χ1) is 5.93. The zero-order valence-corrected chi connectivity index (χ0v) is 6.47. The summed E-state index contributed by atoms with van der Waals surface area (Å²) in [4.78, 5) is 30.3. The van der Waals surface area contributed by atoms with Gasteiger partial charge in [-0.1, -0.05) is 0 Å². The van der Waals surface area contributed by atoms with Crippen LogP contribution in [0.2, 0.25) is 0 Å². The second kappa shape index (κ2) is 5.09. The van der Waals surface area contributed by atoms with Crippen LogP contribution in [0.4, 0.5) is 0 Å². The van der Waals surface area contributed by atoms with Crippen LogP contribution in [0.25, 0.3) is 0 Å². The van der Waals surface area contributed by atoms with E-state index in [4.69, 9.17) is 15.3 Å². The lowest BCUT2D eigenvalue weighted by atomic mass is 10.2. The summed E-state index contributed by atoms with van der Waals surface area (Å²) in [6.45, 7) is -0.829.